The van der Waals surface area contributed by atoms with Crippen molar-refractivity contribution in [3.05, 3.63) is 23.8 Å². The first-order valence-corrected chi connectivity index (χ1v) is 6.78. The van der Waals surface area contributed by atoms with E-state index in [1.807, 2.05) is 0 Å². The van der Waals surface area contributed by atoms with Crippen LogP contribution in [-0.2, 0) is 14.9 Å². The van der Waals surface area contributed by atoms with Gasteiger partial charge in [-0.3, -0.25) is 9.59 Å². The molecule has 0 radical (unpaired) electrons. The zero-order valence-corrected chi connectivity index (χ0v) is 11.6. The second-order valence-corrected chi connectivity index (χ2v) is 5.47. The minimum absolute atomic E-state index is 0.0140. The van der Waals surface area contributed by atoms with Gasteiger partial charge in [0, 0.05) is 18.7 Å². The van der Waals surface area contributed by atoms with Gasteiger partial charge in [-0.2, -0.15) is 21.6 Å². The number of ketones is 1. The zero-order valence-electron chi connectivity index (χ0n) is 10.8. The molecule has 1 N–H and O–H groups in total. The number of alkyl halides is 3. The van der Waals surface area contributed by atoms with Crippen molar-refractivity contribution < 1.29 is 35.4 Å². The summed E-state index contributed by atoms with van der Waals surface area (Å²) in [5, 5.41) is 2.23. The van der Waals surface area contributed by atoms with E-state index in [0.29, 0.717) is 0 Å². The van der Waals surface area contributed by atoms with E-state index in [1.165, 1.54) is 6.07 Å². The van der Waals surface area contributed by atoms with Gasteiger partial charge >= 0.3 is 15.6 Å². The van der Waals surface area contributed by atoms with Gasteiger partial charge in [-0.25, -0.2) is 0 Å². The summed E-state index contributed by atoms with van der Waals surface area (Å²) in [5.41, 5.74) is -6.01. The maximum Gasteiger partial charge on any atom is 0.534 e. The van der Waals surface area contributed by atoms with Crippen molar-refractivity contribution in [3.8, 4) is 5.75 Å². The first-order chi connectivity index (χ1) is 9.44. The van der Waals surface area contributed by atoms with Crippen molar-refractivity contribution in [2.75, 3.05) is 5.32 Å². The van der Waals surface area contributed by atoms with E-state index >= 15 is 0 Å². The standard InChI is InChI=1S/C11H10F3NO5S/c1-6(16)9-4-3-8(15-7(2)17)5-10(9)20-21(18,19)11(12,13)14/h3-5H,1-2H3,(H,15,17). The molecule has 0 aliphatic carbocycles. The average Bonchev–Trinajstić information content (AvgIpc) is 2.25. The highest BCUT2D eigenvalue weighted by molar-refractivity contribution is 7.88. The van der Waals surface area contributed by atoms with Gasteiger partial charge in [0.15, 0.2) is 11.5 Å². The van der Waals surface area contributed by atoms with Crippen LogP contribution in [0.4, 0.5) is 18.9 Å². The van der Waals surface area contributed by atoms with Gasteiger partial charge in [0.25, 0.3) is 0 Å². The highest BCUT2D eigenvalue weighted by atomic mass is 32.2. The second-order valence-electron chi connectivity index (χ2n) is 3.93. The van der Waals surface area contributed by atoms with Gasteiger partial charge in [-0.1, -0.05) is 0 Å². The lowest BCUT2D eigenvalue weighted by molar-refractivity contribution is -0.114. The molecule has 0 saturated heterocycles. The number of hydrogen-bond donors (Lipinski definition) is 1. The molecular weight excluding hydrogens is 315 g/mol. The van der Waals surface area contributed by atoms with Crippen molar-refractivity contribution in [3.63, 3.8) is 0 Å². The fourth-order valence-corrected chi connectivity index (χ4v) is 1.80. The Labute approximate surface area is 118 Å². The molecular formula is C11H10F3NO5S. The largest absolute Gasteiger partial charge is 0.534 e. The Morgan fingerprint density at radius 3 is 2.19 bits per heavy atom. The summed E-state index contributed by atoms with van der Waals surface area (Å²) in [6.07, 6.45) is 0. The third kappa shape index (κ3) is 4.18. The lowest BCUT2D eigenvalue weighted by atomic mass is 10.1. The fraction of sp³-hybridized carbons (Fsp3) is 0.273. The molecule has 1 aromatic carbocycles. The molecule has 0 aliphatic heterocycles. The van der Waals surface area contributed by atoms with Crippen LogP contribution in [0.5, 0.6) is 5.75 Å². The molecule has 6 nitrogen and oxygen atoms in total. The highest BCUT2D eigenvalue weighted by Crippen LogP contribution is 2.31. The monoisotopic (exact) mass is 325 g/mol. The van der Waals surface area contributed by atoms with Crippen molar-refractivity contribution >= 4 is 27.5 Å². The number of rotatable bonds is 4. The SMILES string of the molecule is CC(=O)Nc1ccc(C(C)=O)c(OS(=O)(=O)C(F)(F)F)c1. The van der Waals surface area contributed by atoms with Crippen LogP contribution in [0.3, 0.4) is 0 Å². The lowest BCUT2D eigenvalue weighted by Crippen LogP contribution is -2.28. The van der Waals surface area contributed by atoms with E-state index in [2.05, 4.69) is 9.50 Å². The number of carbonyl (C=O) groups is 2. The predicted octanol–water partition coefficient (Wildman–Crippen LogP) is 2.08. The first kappa shape index (κ1) is 17.0. The third-order valence-electron chi connectivity index (χ3n) is 2.16. The Morgan fingerprint density at radius 1 is 1.19 bits per heavy atom. The number of halogens is 3. The van der Waals surface area contributed by atoms with E-state index in [1.54, 1.807) is 0 Å². The number of hydrogen-bond acceptors (Lipinski definition) is 5. The maximum atomic E-state index is 12.3. The van der Waals surface area contributed by atoms with Crippen molar-refractivity contribution in [1.29, 1.82) is 0 Å². The summed E-state index contributed by atoms with van der Waals surface area (Å²) in [7, 11) is -5.92. The van der Waals surface area contributed by atoms with E-state index in [4.69, 9.17) is 0 Å². The number of nitrogens with one attached hydrogen (secondary N) is 1. The molecule has 0 heterocycles. The summed E-state index contributed by atoms with van der Waals surface area (Å²) in [4.78, 5) is 22.2. The van der Waals surface area contributed by atoms with Crippen LogP contribution in [0.25, 0.3) is 0 Å². The van der Waals surface area contributed by atoms with Crippen molar-refractivity contribution in [2.24, 2.45) is 0 Å². The fourth-order valence-electron chi connectivity index (χ4n) is 1.33. The first-order valence-electron chi connectivity index (χ1n) is 5.37. The molecule has 0 unspecified atom stereocenters. The zero-order chi connectivity index (χ0) is 16.4. The molecule has 0 spiro atoms. The number of anilines is 1. The molecule has 0 fully saturated rings. The summed E-state index contributed by atoms with van der Waals surface area (Å²) in [5.74, 6) is -2.04. The van der Waals surface area contributed by atoms with Crippen LogP contribution in [0.1, 0.15) is 24.2 Å². The molecule has 10 heteroatoms. The van der Waals surface area contributed by atoms with E-state index in [0.717, 1.165) is 26.0 Å². The van der Waals surface area contributed by atoms with Gasteiger partial charge in [0.05, 0.1) is 5.56 Å². The van der Waals surface area contributed by atoms with Crippen LogP contribution in [0, 0.1) is 0 Å². The van der Waals surface area contributed by atoms with Crippen molar-refractivity contribution in [2.45, 2.75) is 19.4 Å². The molecule has 21 heavy (non-hydrogen) atoms. The maximum absolute atomic E-state index is 12.3. The summed E-state index contributed by atoms with van der Waals surface area (Å²) in [6, 6.07) is 3.10. The third-order valence-corrected chi connectivity index (χ3v) is 3.13. The minimum atomic E-state index is -5.92. The smallest absolute Gasteiger partial charge is 0.375 e. The van der Waals surface area contributed by atoms with Gasteiger partial charge in [-0.05, 0) is 19.1 Å². The van der Waals surface area contributed by atoms with Gasteiger partial charge in [0.1, 0.15) is 0 Å². The normalized spacial score (nSPS) is 11.9. The van der Waals surface area contributed by atoms with Gasteiger partial charge < -0.3 is 9.50 Å². The number of benzene rings is 1. The van der Waals surface area contributed by atoms with Crippen LogP contribution >= 0.6 is 0 Å². The quantitative estimate of drug-likeness (QED) is 0.520. The molecule has 0 saturated carbocycles. The van der Waals surface area contributed by atoms with Crippen LogP contribution in [-0.4, -0.2) is 25.6 Å². The molecule has 0 atom stereocenters. The summed E-state index contributed by atoms with van der Waals surface area (Å²) < 4.78 is 62.8. The van der Waals surface area contributed by atoms with E-state index in [-0.39, 0.29) is 11.3 Å². The molecule has 0 aromatic heterocycles. The number of Topliss-reactive ketones (excluding diaryl/α,β-unsaturated/α-hetero) is 1. The van der Waals surface area contributed by atoms with Gasteiger partial charge in [-0.15, -0.1) is 0 Å². The Kier molecular flexibility index (Phi) is 4.62. The molecule has 1 rings (SSSR count). The number of carbonyl (C=O) groups excluding carboxylic acids is 2. The molecule has 0 bridgehead atoms. The molecule has 116 valence electrons. The number of amides is 1. The van der Waals surface area contributed by atoms with E-state index < -0.39 is 33.1 Å². The second kappa shape index (κ2) is 5.72. The molecule has 1 aromatic rings. The molecule has 1 amide bonds. The Morgan fingerprint density at radius 2 is 1.76 bits per heavy atom. The summed E-state index contributed by atoms with van der Waals surface area (Å²) >= 11 is 0. The van der Waals surface area contributed by atoms with E-state index in [9.17, 15) is 31.2 Å². The highest BCUT2D eigenvalue weighted by Gasteiger charge is 2.48. The van der Waals surface area contributed by atoms with Gasteiger partial charge in [0.2, 0.25) is 5.91 Å². The Hall–Kier alpha value is -2.10. The Balaban J connectivity index is 3.31. The average molecular weight is 325 g/mol. The lowest BCUT2D eigenvalue weighted by Gasteiger charge is -2.13. The van der Waals surface area contributed by atoms with Crippen molar-refractivity contribution in [1.82, 2.24) is 0 Å². The minimum Gasteiger partial charge on any atom is -0.375 e. The van der Waals surface area contributed by atoms with Crippen LogP contribution < -0.4 is 9.50 Å². The summed E-state index contributed by atoms with van der Waals surface area (Å²) in [6.45, 7) is 2.17. The topological polar surface area (TPSA) is 89.5 Å². The predicted molar refractivity (Wildman–Crippen MR) is 66.4 cm³/mol. The Bertz CT molecular complexity index is 682. The molecule has 0 aliphatic rings. The van der Waals surface area contributed by atoms with Crippen LogP contribution in [0.2, 0.25) is 0 Å². The van der Waals surface area contributed by atoms with Crippen LogP contribution in [0.15, 0.2) is 18.2 Å².